The molecule has 1 nitrogen and oxygen atoms in total. The third kappa shape index (κ3) is 4.34. The molecule has 0 atom stereocenters. The molecule has 0 fully saturated rings. The Bertz CT molecular complexity index is 555. The Balaban J connectivity index is 1.95. The fourth-order valence-electron chi connectivity index (χ4n) is 2.41. The van der Waals surface area contributed by atoms with Gasteiger partial charge in [0.05, 0.1) is 0 Å². The van der Waals surface area contributed by atoms with Crippen molar-refractivity contribution in [3.63, 3.8) is 0 Å². The number of carbonyl (C=O) groups is 1. The van der Waals surface area contributed by atoms with Gasteiger partial charge in [-0.3, -0.25) is 4.79 Å². The van der Waals surface area contributed by atoms with Gasteiger partial charge in [0.25, 0.3) is 0 Å². The molecule has 20 heavy (non-hydrogen) atoms. The van der Waals surface area contributed by atoms with E-state index in [0.717, 1.165) is 18.4 Å². The molecule has 0 saturated heterocycles. The molecule has 0 unspecified atom stereocenters. The lowest BCUT2D eigenvalue weighted by Gasteiger charge is -2.07. The molecule has 0 bridgehead atoms. The van der Waals surface area contributed by atoms with Crippen molar-refractivity contribution in [3.8, 4) is 0 Å². The SMILES string of the molecule is CC(C)Cc1cccc(CCC(=O)c2ccccc2)c1. The molecule has 0 spiro atoms. The highest BCUT2D eigenvalue weighted by molar-refractivity contribution is 5.96. The standard InChI is InChI=1S/C19H22O/c1-15(2)13-17-8-6-7-16(14-17)11-12-19(20)18-9-4-3-5-10-18/h3-10,14-15H,11-13H2,1-2H3. The summed E-state index contributed by atoms with van der Waals surface area (Å²) < 4.78 is 0. The summed E-state index contributed by atoms with van der Waals surface area (Å²) in [4.78, 5) is 12.1. The number of hydrogen-bond donors (Lipinski definition) is 0. The van der Waals surface area contributed by atoms with Crippen molar-refractivity contribution in [2.24, 2.45) is 5.92 Å². The summed E-state index contributed by atoms with van der Waals surface area (Å²) in [5.41, 5.74) is 3.43. The van der Waals surface area contributed by atoms with Crippen LogP contribution in [0.15, 0.2) is 54.6 Å². The van der Waals surface area contributed by atoms with Crippen LogP contribution in [0.1, 0.15) is 41.8 Å². The minimum Gasteiger partial charge on any atom is -0.294 e. The second-order valence-electron chi connectivity index (χ2n) is 5.71. The van der Waals surface area contributed by atoms with Crippen LogP contribution in [-0.4, -0.2) is 5.78 Å². The number of ketones is 1. The Labute approximate surface area is 121 Å². The van der Waals surface area contributed by atoms with Gasteiger partial charge in [-0.05, 0) is 29.9 Å². The maximum absolute atomic E-state index is 12.1. The van der Waals surface area contributed by atoms with Crippen LogP contribution in [-0.2, 0) is 12.8 Å². The van der Waals surface area contributed by atoms with E-state index in [2.05, 4.69) is 38.1 Å². The lowest BCUT2D eigenvalue weighted by atomic mass is 9.98. The van der Waals surface area contributed by atoms with Gasteiger partial charge in [0, 0.05) is 12.0 Å². The lowest BCUT2D eigenvalue weighted by molar-refractivity contribution is 0.0983. The minimum atomic E-state index is 0.222. The van der Waals surface area contributed by atoms with Crippen LogP contribution in [0.4, 0.5) is 0 Å². The summed E-state index contributed by atoms with van der Waals surface area (Å²) in [5.74, 6) is 0.885. The van der Waals surface area contributed by atoms with Gasteiger partial charge in [-0.2, -0.15) is 0 Å². The highest BCUT2D eigenvalue weighted by Crippen LogP contribution is 2.13. The second kappa shape index (κ2) is 7.04. The molecular weight excluding hydrogens is 244 g/mol. The van der Waals surface area contributed by atoms with Crippen LogP contribution in [0.2, 0.25) is 0 Å². The highest BCUT2D eigenvalue weighted by Gasteiger charge is 2.06. The molecule has 1 heteroatoms. The molecule has 0 amide bonds. The number of Topliss-reactive ketones (excluding diaryl/α,β-unsaturated/α-hetero) is 1. The van der Waals surface area contributed by atoms with Crippen LogP contribution in [0.25, 0.3) is 0 Å². The molecule has 0 aliphatic carbocycles. The highest BCUT2D eigenvalue weighted by atomic mass is 16.1. The van der Waals surface area contributed by atoms with Crippen LogP contribution < -0.4 is 0 Å². The average molecular weight is 266 g/mol. The third-order valence-corrected chi connectivity index (χ3v) is 3.37. The van der Waals surface area contributed by atoms with Crippen molar-refractivity contribution < 1.29 is 4.79 Å². The molecule has 2 aromatic rings. The van der Waals surface area contributed by atoms with Crippen molar-refractivity contribution in [2.45, 2.75) is 33.1 Å². The molecule has 0 radical (unpaired) electrons. The molecule has 0 aromatic heterocycles. The van der Waals surface area contributed by atoms with Gasteiger partial charge in [0.15, 0.2) is 5.78 Å². The van der Waals surface area contributed by atoms with Crippen LogP contribution >= 0.6 is 0 Å². The lowest BCUT2D eigenvalue weighted by Crippen LogP contribution is -2.01. The summed E-state index contributed by atoms with van der Waals surface area (Å²) in [5, 5.41) is 0. The third-order valence-electron chi connectivity index (χ3n) is 3.37. The summed E-state index contributed by atoms with van der Waals surface area (Å²) in [6.07, 6.45) is 2.50. The zero-order valence-corrected chi connectivity index (χ0v) is 12.3. The zero-order chi connectivity index (χ0) is 14.4. The average Bonchev–Trinajstić information content (AvgIpc) is 2.45. The predicted molar refractivity (Wildman–Crippen MR) is 84.1 cm³/mol. The van der Waals surface area contributed by atoms with Crippen LogP contribution in [0, 0.1) is 5.92 Å². The molecule has 0 N–H and O–H groups in total. The smallest absolute Gasteiger partial charge is 0.163 e. The quantitative estimate of drug-likeness (QED) is 0.693. The van der Waals surface area contributed by atoms with Gasteiger partial charge in [0.1, 0.15) is 0 Å². The predicted octanol–water partition coefficient (Wildman–Crippen LogP) is 4.70. The Hall–Kier alpha value is -1.89. The molecule has 104 valence electrons. The normalized spacial score (nSPS) is 10.8. The summed E-state index contributed by atoms with van der Waals surface area (Å²) in [6.45, 7) is 4.46. The first-order valence-electron chi connectivity index (χ1n) is 7.31. The van der Waals surface area contributed by atoms with Crippen molar-refractivity contribution in [3.05, 3.63) is 71.3 Å². The first kappa shape index (κ1) is 14.5. The molecule has 0 saturated carbocycles. The Morgan fingerprint density at radius 1 is 0.950 bits per heavy atom. The van der Waals surface area contributed by atoms with E-state index in [-0.39, 0.29) is 5.78 Å². The Kier molecular flexibility index (Phi) is 5.11. The van der Waals surface area contributed by atoms with E-state index < -0.39 is 0 Å². The van der Waals surface area contributed by atoms with Gasteiger partial charge in [-0.1, -0.05) is 68.4 Å². The fraction of sp³-hybridized carbons (Fsp3) is 0.316. The maximum atomic E-state index is 12.1. The summed E-state index contributed by atoms with van der Waals surface area (Å²) in [6, 6.07) is 18.1. The first-order chi connectivity index (χ1) is 9.65. The van der Waals surface area contributed by atoms with Crippen molar-refractivity contribution >= 4 is 5.78 Å². The van der Waals surface area contributed by atoms with Gasteiger partial charge < -0.3 is 0 Å². The van der Waals surface area contributed by atoms with Crippen LogP contribution in [0.3, 0.4) is 0 Å². The molecule has 0 aliphatic rings. The summed E-state index contributed by atoms with van der Waals surface area (Å²) >= 11 is 0. The monoisotopic (exact) mass is 266 g/mol. The topological polar surface area (TPSA) is 17.1 Å². The minimum absolute atomic E-state index is 0.222. The van der Waals surface area contributed by atoms with E-state index >= 15 is 0 Å². The fourth-order valence-corrected chi connectivity index (χ4v) is 2.41. The molecule has 0 heterocycles. The second-order valence-corrected chi connectivity index (χ2v) is 5.71. The van der Waals surface area contributed by atoms with E-state index in [9.17, 15) is 4.79 Å². The van der Waals surface area contributed by atoms with Gasteiger partial charge >= 0.3 is 0 Å². The van der Waals surface area contributed by atoms with Crippen LogP contribution in [0.5, 0.6) is 0 Å². The number of rotatable bonds is 6. The van der Waals surface area contributed by atoms with E-state index in [4.69, 9.17) is 0 Å². The van der Waals surface area contributed by atoms with Gasteiger partial charge in [-0.25, -0.2) is 0 Å². The number of aryl methyl sites for hydroxylation is 1. The molecular formula is C19H22O. The van der Waals surface area contributed by atoms with E-state index in [1.807, 2.05) is 30.3 Å². The van der Waals surface area contributed by atoms with Gasteiger partial charge in [-0.15, -0.1) is 0 Å². The first-order valence-corrected chi connectivity index (χ1v) is 7.31. The van der Waals surface area contributed by atoms with Gasteiger partial charge in [0.2, 0.25) is 0 Å². The Morgan fingerprint density at radius 2 is 1.65 bits per heavy atom. The zero-order valence-electron chi connectivity index (χ0n) is 12.3. The van der Waals surface area contributed by atoms with Crippen molar-refractivity contribution in [2.75, 3.05) is 0 Å². The molecule has 2 aromatic carbocycles. The van der Waals surface area contributed by atoms with Crippen molar-refractivity contribution in [1.29, 1.82) is 0 Å². The Morgan fingerprint density at radius 3 is 2.35 bits per heavy atom. The number of hydrogen-bond acceptors (Lipinski definition) is 1. The number of carbonyl (C=O) groups excluding carboxylic acids is 1. The maximum Gasteiger partial charge on any atom is 0.163 e. The number of benzene rings is 2. The molecule has 0 aliphatic heterocycles. The van der Waals surface area contributed by atoms with E-state index in [1.165, 1.54) is 11.1 Å². The van der Waals surface area contributed by atoms with Crippen molar-refractivity contribution in [1.82, 2.24) is 0 Å². The summed E-state index contributed by atoms with van der Waals surface area (Å²) in [7, 11) is 0. The largest absolute Gasteiger partial charge is 0.294 e. The van der Waals surface area contributed by atoms with E-state index in [0.29, 0.717) is 12.3 Å². The van der Waals surface area contributed by atoms with E-state index in [1.54, 1.807) is 0 Å². The molecule has 2 rings (SSSR count).